The molecule has 0 amide bonds. The lowest BCUT2D eigenvalue weighted by Crippen LogP contribution is -2.46. The van der Waals surface area contributed by atoms with E-state index in [1.807, 2.05) is 6.07 Å². The zero-order valence-corrected chi connectivity index (χ0v) is 12.7. The van der Waals surface area contributed by atoms with Gasteiger partial charge >= 0.3 is 0 Å². The van der Waals surface area contributed by atoms with Gasteiger partial charge in [0.2, 0.25) is 10.0 Å². The smallest absolute Gasteiger partial charge is 0.218 e. The summed E-state index contributed by atoms with van der Waals surface area (Å²) in [5.74, 6) is -0.0742. The zero-order chi connectivity index (χ0) is 13.9. The number of nitrogens with two attached hydrogens (primary N) is 1. The highest BCUT2D eigenvalue weighted by molar-refractivity contribution is 7.88. The van der Waals surface area contributed by atoms with Gasteiger partial charge in [-0.05, 0) is 30.5 Å². The molecule has 0 aromatic heterocycles. The molecule has 0 saturated carbocycles. The van der Waals surface area contributed by atoms with Gasteiger partial charge in [0.1, 0.15) is 0 Å². The van der Waals surface area contributed by atoms with Crippen molar-refractivity contribution in [3.63, 3.8) is 0 Å². The second kappa shape index (κ2) is 7.04. The van der Waals surface area contributed by atoms with Crippen molar-refractivity contribution in [1.29, 1.82) is 5.26 Å². The molecule has 1 heterocycles. The van der Waals surface area contributed by atoms with Gasteiger partial charge < -0.3 is 5.73 Å². The van der Waals surface area contributed by atoms with Crippen molar-refractivity contribution in [3.8, 4) is 6.07 Å². The van der Waals surface area contributed by atoms with E-state index in [0.717, 1.165) is 12.8 Å². The number of halogens is 1. The van der Waals surface area contributed by atoms with Crippen LogP contribution >= 0.6 is 12.4 Å². The van der Waals surface area contributed by atoms with Crippen LogP contribution in [-0.4, -0.2) is 31.9 Å². The first-order valence-electron chi connectivity index (χ1n) is 6.24. The van der Waals surface area contributed by atoms with E-state index in [1.54, 1.807) is 24.3 Å². The van der Waals surface area contributed by atoms with Gasteiger partial charge in [-0.25, -0.2) is 12.7 Å². The van der Waals surface area contributed by atoms with E-state index < -0.39 is 10.0 Å². The predicted octanol–water partition coefficient (Wildman–Crippen LogP) is 1.23. The first-order valence-corrected chi connectivity index (χ1v) is 7.84. The summed E-state index contributed by atoms with van der Waals surface area (Å²) in [6.07, 6.45) is 1.68. The van der Waals surface area contributed by atoms with Gasteiger partial charge in [0, 0.05) is 19.1 Å². The predicted molar refractivity (Wildman–Crippen MR) is 79.8 cm³/mol. The number of hydrogen-bond donors (Lipinski definition) is 1. The number of hydrogen-bond acceptors (Lipinski definition) is 4. The summed E-state index contributed by atoms with van der Waals surface area (Å²) in [6.45, 7) is 0.925. The van der Waals surface area contributed by atoms with Crippen molar-refractivity contribution in [1.82, 2.24) is 4.31 Å². The Bertz CT molecular complexity index is 598. The molecule has 1 atom stereocenters. The Hall–Kier alpha value is -1.13. The summed E-state index contributed by atoms with van der Waals surface area (Å²) in [5, 5.41) is 8.82. The molecule has 2 rings (SSSR count). The second-order valence-corrected chi connectivity index (χ2v) is 6.80. The van der Waals surface area contributed by atoms with Crippen molar-refractivity contribution >= 4 is 22.4 Å². The van der Waals surface area contributed by atoms with Crippen molar-refractivity contribution in [3.05, 3.63) is 35.4 Å². The highest BCUT2D eigenvalue weighted by Gasteiger charge is 2.27. The molecule has 0 spiro atoms. The normalized spacial score (nSPS) is 19.9. The number of sulfonamides is 1. The third-order valence-electron chi connectivity index (χ3n) is 3.22. The van der Waals surface area contributed by atoms with Crippen LogP contribution in [0.2, 0.25) is 0 Å². The van der Waals surface area contributed by atoms with Crippen LogP contribution in [0.1, 0.15) is 24.0 Å². The number of piperidine rings is 1. The molecule has 1 unspecified atom stereocenters. The summed E-state index contributed by atoms with van der Waals surface area (Å²) < 4.78 is 26.0. The molecule has 1 saturated heterocycles. The number of benzene rings is 1. The lowest BCUT2D eigenvalue weighted by molar-refractivity contribution is 0.316. The first kappa shape index (κ1) is 16.9. The Morgan fingerprint density at radius 3 is 2.85 bits per heavy atom. The van der Waals surface area contributed by atoms with E-state index in [4.69, 9.17) is 11.0 Å². The van der Waals surface area contributed by atoms with E-state index in [0.29, 0.717) is 24.2 Å². The van der Waals surface area contributed by atoms with Gasteiger partial charge in [-0.1, -0.05) is 12.1 Å². The Morgan fingerprint density at radius 2 is 2.20 bits per heavy atom. The molecule has 1 aliphatic rings. The second-order valence-electron chi connectivity index (χ2n) is 4.83. The average molecular weight is 316 g/mol. The average Bonchev–Trinajstić information content (AvgIpc) is 2.38. The van der Waals surface area contributed by atoms with Gasteiger partial charge in [0.25, 0.3) is 0 Å². The molecule has 1 aromatic rings. The first-order chi connectivity index (χ1) is 9.01. The van der Waals surface area contributed by atoms with Gasteiger partial charge in [0.05, 0.1) is 17.4 Å². The van der Waals surface area contributed by atoms with Crippen LogP contribution in [-0.2, 0) is 15.8 Å². The molecule has 0 aliphatic carbocycles. The quantitative estimate of drug-likeness (QED) is 0.909. The third kappa shape index (κ3) is 4.18. The number of nitriles is 1. The van der Waals surface area contributed by atoms with E-state index in [9.17, 15) is 8.42 Å². The van der Waals surface area contributed by atoms with E-state index >= 15 is 0 Å². The lowest BCUT2D eigenvalue weighted by Gasteiger charge is -2.29. The molecule has 0 radical (unpaired) electrons. The Balaban J connectivity index is 0.00000200. The van der Waals surface area contributed by atoms with E-state index in [2.05, 4.69) is 0 Å². The van der Waals surface area contributed by atoms with Gasteiger partial charge in [-0.2, -0.15) is 5.26 Å². The lowest BCUT2D eigenvalue weighted by atomic mass is 10.1. The molecule has 2 N–H and O–H groups in total. The van der Waals surface area contributed by atoms with Crippen LogP contribution in [0.15, 0.2) is 24.3 Å². The Morgan fingerprint density at radius 1 is 1.45 bits per heavy atom. The van der Waals surface area contributed by atoms with Crippen LogP contribution in [0.4, 0.5) is 0 Å². The fourth-order valence-electron chi connectivity index (χ4n) is 2.26. The van der Waals surface area contributed by atoms with E-state index in [-0.39, 0.29) is 24.2 Å². The molecule has 1 aromatic carbocycles. The molecule has 5 nitrogen and oxygen atoms in total. The summed E-state index contributed by atoms with van der Waals surface area (Å²) in [6, 6.07) is 8.63. The van der Waals surface area contributed by atoms with Crippen molar-refractivity contribution in [2.75, 3.05) is 13.1 Å². The molecular weight excluding hydrogens is 298 g/mol. The third-order valence-corrected chi connectivity index (χ3v) is 5.04. The van der Waals surface area contributed by atoms with Crippen molar-refractivity contribution in [2.24, 2.45) is 5.73 Å². The highest BCUT2D eigenvalue weighted by atomic mass is 35.5. The van der Waals surface area contributed by atoms with Crippen LogP contribution in [0, 0.1) is 11.3 Å². The number of rotatable bonds is 3. The molecule has 7 heteroatoms. The molecule has 1 aliphatic heterocycles. The fraction of sp³-hybridized carbons (Fsp3) is 0.462. The SMILES string of the molecule is Cl.N#Cc1cccc(CS(=O)(=O)N2CCCC(N)C2)c1. The van der Waals surface area contributed by atoms with Crippen LogP contribution in [0.5, 0.6) is 0 Å². The van der Waals surface area contributed by atoms with Crippen LogP contribution in [0.3, 0.4) is 0 Å². The molecule has 0 bridgehead atoms. The maximum Gasteiger partial charge on any atom is 0.218 e. The molecule has 1 fully saturated rings. The van der Waals surface area contributed by atoms with Crippen LogP contribution in [0.25, 0.3) is 0 Å². The monoisotopic (exact) mass is 315 g/mol. The fourth-order valence-corrected chi connectivity index (χ4v) is 3.87. The van der Waals surface area contributed by atoms with Gasteiger partial charge in [-0.15, -0.1) is 12.4 Å². The Labute approximate surface area is 125 Å². The molecular formula is C13H18ClN3O2S. The zero-order valence-electron chi connectivity index (χ0n) is 11.0. The van der Waals surface area contributed by atoms with Crippen LogP contribution < -0.4 is 5.73 Å². The molecule has 110 valence electrons. The maximum absolute atomic E-state index is 12.3. The summed E-state index contributed by atoms with van der Waals surface area (Å²) in [4.78, 5) is 0. The minimum absolute atomic E-state index is 0. The Kier molecular flexibility index (Phi) is 5.96. The maximum atomic E-state index is 12.3. The van der Waals surface area contributed by atoms with Gasteiger partial charge in [0.15, 0.2) is 0 Å². The summed E-state index contributed by atoms with van der Waals surface area (Å²) in [7, 11) is -3.35. The van der Waals surface area contributed by atoms with E-state index in [1.165, 1.54) is 4.31 Å². The number of nitrogens with zero attached hydrogens (tertiary/aromatic N) is 2. The minimum atomic E-state index is -3.35. The molecule has 20 heavy (non-hydrogen) atoms. The summed E-state index contributed by atoms with van der Waals surface area (Å²) >= 11 is 0. The van der Waals surface area contributed by atoms with Crippen molar-refractivity contribution in [2.45, 2.75) is 24.6 Å². The van der Waals surface area contributed by atoms with Gasteiger partial charge in [-0.3, -0.25) is 0 Å². The topological polar surface area (TPSA) is 87.2 Å². The minimum Gasteiger partial charge on any atom is -0.327 e. The largest absolute Gasteiger partial charge is 0.327 e. The summed E-state index contributed by atoms with van der Waals surface area (Å²) in [5.41, 5.74) is 6.92. The van der Waals surface area contributed by atoms with Crippen molar-refractivity contribution < 1.29 is 8.42 Å². The highest BCUT2D eigenvalue weighted by Crippen LogP contribution is 2.17. The standard InChI is InChI=1S/C13H17N3O2S.ClH/c14-8-11-3-1-4-12(7-11)10-19(17,18)16-6-2-5-13(15)9-16;/h1,3-4,7,13H,2,5-6,9-10,15H2;1H.